The molecule has 0 N–H and O–H groups in total. The first-order valence-corrected chi connectivity index (χ1v) is 6.77. The lowest BCUT2D eigenvalue weighted by Crippen LogP contribution is -2.26. The molecule has 4 heteroatoms. The van der Waals surface area contributed by atoms with E-state index in [1.54, 1.807) is 12.2 Å². The number of isocyanates is 2. The Morgan fingerprint density at radius 2 is 2.00 bits per heavy atom. The first-order valence-electron chi connectivity index (χ1n) is 6.77. The van der Waals surface area contributed by atoms with Crippen molar-refractivity contribution in [2.45, 2.75) is 39.0 Å². The Morgan fingerprint density at radius 1 is 1.22 bits per heavy atom. The third kappa shape index (κ3) is 2.60. The highest BCUT2D eigenvalue weighted by atomic mass is 16.1. The van der Waals surface area contributed by atoms with Gasteiger partial charge in [-0.15, -0.1) is 0 Å². The maximum atomic E-state index is 10.2. The van der Waals surface area contributed by atoms with Crippen molar-refractivity contribution in [2.24, 2.45) is 33.2 Å². The van der Waals surface area contributed by atoms with Gasteiger partial charge in [-0.2, -0.15) is 0 Å². The van der Waals surface area contributed by atoms with E-state index in [1.807, 2.05) is 0 Å². The number of hydrogen-bond acceptors (Lipinski definition) is 4. The smallest absolute Gasteiger partial charge is 0.211 e. The summed E-state index contributed by atoms with van der Waals surface area (Å²) in [6.45, 7) is 3.64. The Bertz CT molecular complexity index is 397. The number of hydrogen-bond donors (Lipinski definition) is 0. The minimum atomic E-state index is 0.415. The molecule has 4 nitrogen and oxygen atoms in total. The van der Waals surface area contributed by atoms with Gasteiger partial charge in [0.25, 0.3) is 0 Å². The van der Waals surface area contributed by atoms with Crippen LogP contribution in [0.15, 0.2) is 9.98 Å². The van der Waals surface area contributed by atoms with E-state index in [0.717, 1.165) is 24.7 Å². The van der Waals surface area contributed by atoms with Crippen LogP contribution in [0, 0.1) is 23.2 Å². The fourth-order valence-electron chi connectivity index (χ4n) is 4.17. The Balaban J connectivity index is 1.85. The van der Waals surface area contributed by atoms with Gasteiger partial charge in [0.1, 0.15) is 0 Å². The van der Waals surface area contributed by atoms with Crippen LogP contribution in [0.1, 0.15) is 39.0 Å². The summed E-state index contributed by atoms with van der Waals surface area (Å²) < 4.78 is 0. The zero-order chi connectivity index (χ0) is 13.0. The number of nitrogens with zero attached hydrogens (tertiary/aromatic N) is 2. The summed E-state index contributed by atoms with van der Waals surface area (Å²) in [7, 11) is 0. The van der Waals surface area contributed by atoms with Gasteiger partial charge in [-0.1, -0.05) is 6.92 Å². The van der Waals surface area contributed by atoms with Crippen molar-refractivity contribution in [3.8, 4) is 0 Å². The lowest BCUT2D eigenvalue weighted by molar-refractivity contribution is 0.163. The Hall–Kier alpha value is -1.24. The van der Waals surface area contributed by atoms with Crippen LogP contribution < -0.4 is 0 Å². The molecule has 2 aliphatic rings. The predicted molar refractivity (Wildman–Crippen MR) is 67.6 cm³/mol. The summed E-state index contributed by atoms with van der Waals surface area (Å²) in [5.41, 5.74) is 0.415. The summed E-state index contributed by atoms with van der Waals surface area (Å²) >= 11 is 0. The number of fused-ring (bicyclic) bond motifs is 2. The lowest BCUT2D eigenvalue weighted by Gasteiger charge is -2.34. The molecule has 2 fully saturated rings. The van der Waals surface area contributed by atoms with Crippen LogP contribution in [0.3, 0.4) is 0 Å². The van der Waals surface area contributed by atoms with Crippen LogP contribution in [0.2, 0.25) is 0 Å². The second-order valence-corrected chi connectivity index (χ2v) is 6.06. The summed E-state index contributed by atoms with van der Waals surface area (Å²) in [5, 5.41) is 0. The summed E-state index contributed by atoms with van der Waals surface area (Å²) in [6.07, 6.45) is 9.09. The monoisotopic (exact) mass is 248 g/mol. The van der Waals surface area contributed by atoms with Crippen LogP contribution in [0.4, 0.5) is 0 Å². The van der Waals surface area contributed by atoms with Crippen LogP contribution in [0.25, 0.3) is 0 Å². The second-order valence-electron chi connectivity index (χ2n) is 6.06. The minimum Gasteiger partial charge on any atom is -0.211 e. The molecule has 0 spiro atoms. The number of aliphatic imine (C=N–C) groups is 2. The summed E-state index contributed by atoms with van der Waals surface area (Å²) in [4.78, 5) is 27.5. The Labute approximate surface area is 108 Å². The summed E-state index contributed by atoms with van der Waals surface area (Å²) in [6, 6.07) is 0. The third-order valence-corrected chi connectivity index (χ3v) is 4.97. The zero-order valence-electron chi connectivity index (χ0n) is 10.9. The maximum absolute atomic E-state index is 10.2. The van der Waals surface area contributed by atoms with Gasteiger partial charge in [0, 0.05) is 0 Å². The lowest BCUT2D eigenvalue weighted by atomic mass is 9.71. The molecule has 0 radical (unpaired) electrons. The molecule has 0 aromatic heterocycles. The van der Waals surface area contributed by atoms with Gasteiger partial charge in [-0.25, -0.2) is 19.6 Å². The molecule has 0 heterocycles. The molecular formula is C14H20N2O2. The summed E-state index contributed by atoms with van der Waals surface area (Å²) in [5.74, 6) is 2.06. The van der Waals surface area contributed by atoms with E-state index in [0.29, 0.717) is 24.4 Å². The molecule has 0 aromatic rings. The van der Waals surface area contributed by atoms with E-state index in [9.17, 15) is 9.59 Å². The van der Waals surface area contributed by atoms with E-state index in [-0.39, 0.29) is 0 Å². The normalized spacial score (nSPS) is 37.1. The first-order chi connectivity index (χ1) is 8.69. The van der Waals surface area contributed by atoms with E-state index in [4.69, 9.17) is 0 Å². The quantitative estimate of drug-likeness (QED) is 0.412. The van der Waals surface area contributed by atoms with Gasteiger partial charge in [-0.3, -0.25) is 0 Å². The van der Waals surface area contributed by atoms with E-state index >= 15 is 0 Å². The molecule has 0 saturated heterocycles. The molecule has 0 amide bonds. The van der Waals surface area contributed by atoms with E-state index in [1.165, 1.54) is 19.3 Å². The fraction of sp³-hybridized carbons (Fsp3) is 0.857. The Morgan fingerprint density at radius 3 is 2.61 bits per heavy atom. The van der Waals surface area contributed by atoms with Crippen molar-refractivity contribution >= 4 is 12.2 Å². The van der Waals surface area contributed by atoms with E-state index < -0.39 is 0 Å². The Kier molecular flexibility index (Phi) is 4.11. The highest BCUT2D eigenvalue weighted by molar-refractivity contribution is 5.33. The second kappa shape index (κ2) is 5.60. The highest BCUT2D eigenvalue weighted by Crippen LogP contribution is 2.61. The van der Waals surface area contributed by atoms with Gasteiger partial charge in [-0.05, 0) is 55.3 Å². The third-order valence-electron chi connectivity index (χ3n) is 4.97. The van der Waals surface area contributed by atoms with Gasteiger partial charge >= 0.3 is 0 Å². The largest absolute Gasteiger partial charge is 0.234 e. The molecule has 2 bridgehead atoms. The average molecular weight is 248 g/mol. The topological polar surface area (TPSA) is 58.9 Å². The van der Waals surface area contributed by atoms with Crippen molar-refractivity contribution in [1.82, 2.24) is 0 Å². The fourth-order valence-corrected chi connectivity index (χ4v) is 4.17. The first kappa shape index (κ1) is 13.2. The van der Waals surface area contributed by atoms with E-state index in [2.05, 4.69) is 16.9 Å². The van der Waals surface area contributed by atoms with Crippen LogP contribution in [-0.4, -0.2) is 25.2 Å². The predicted octanol–water partition coefficient (Wildman–Crippen LogP) is 2.49. The standard InChI is InChI=1S/C14H20N2O2/c1-14-6-11(12(7-14)8-16-10-18)5-13(14)3-2-4-15-9-17/h11-13H,2-8H2,1H3. The zero-order valence-corrected chi connectivity index (χ0v) is 10.9. The molecule has 0 aromatic carbocycles. The minimum absolute atomic E-state index is 0.415. The van der Waals surface area contributed by atoms with Crippen molar-refractivity contribution in [1.29, 1.82) is 0 Å². The SMILES string of the molecule is CC12CC(CN=C=O)C(CC1CCCN=C=O)C2. The molecular weight excluding hydrogens is 228 g/mol. The van der Waals surface area contributed by atoms with Crippen molar-refractivity contribution in [3.63, 3.8) is 0 Å². The maximum Gasteiger partial charge on any atom is 0.234 e. The molecule has 98 valence electrons. The molecule has 4 atom stereocenters. The van der Waals surface area contributed by atoms with Crippen molar-refractivity contribution in [3.05, 3.63) is 0 Å². The molecule has 18 heavy (non-hydrogen) atoms. The van der Waals surface area contributed by atoms with Gasteiger partial charge in [0.15, 0.2) is 0 Å². The van der Waals surface area contributed by atoms with Gasteiger partial charge in [0.05, 0.1) is 13.1 Å². The number of carbonyl (C=O) groups excluding carboxylic acids is 2. The average Bonchev–Trinajstić information content (AvgIpc) is 2.84. The molecule has 2 rings (SSSR count). The van der Waals surface area contributed by atoms with Crippen LogP contribution in [-0.2, 0) is 9.59 Å². The highest BCUT2D eigenvalue weighted by Gasteiger charge is 2.52. The number of rotatable bonds is 6. The molecule has 2 saturated carbocycles. The molecule has 4 unspecified atom stereocenters. The van der Waals surface area contributed by atoms with Crippen LogP contribution >= 0.6 is 0 Å². The van der Waals surface area contributed by atoms with Crippen molar-refractivity contribution < 1.29 is 9.59 Å². The molecule has 0 aliphatic heterocycles. The van der Waals surface area contributed by atoms with Gasteiger partial charge < -0.3 is 0 Å². The molecule has 2 aliphatic carbocycles. The van der Waals surface area contributed by atoms with Crippen molar-refractivity contribution in [2.75, 3.05) is 13.1 Å². The van der Waals surface area contributed by atoms with Crippen LogP contribution in [0.5, 0.6) is 0 Å². The van der Waals surface area contributed by atoms with Gasteiger partial charge in [0.2, 0.25) is 12.2 Å².